The van der Waals surface area contributed by atoms with Crippen LogP contribution in [0, 0.1) is 20.8 Å². The minimum Gasteiger partial charge on any atom is -0.465 e. The van der Waals surface area contributed by atoms with Crippen LogP contribution in [-0.2, 0) is 14.3 Å². The van der Waals surface area contributed by atoms with Gasteiger partial charge in [-0.25, -0.2) is 4.79 Å². The fraction of sp³-hybridized carbons (Fsp3) is 0.241. The second-order valence-corrected chi connectivity index (χ2v) is 9.30. The van der Waals surface area contributed by atoms with Crippen molar-refractivity contribution in [1.29, 1.82) is 0 Å². The van der Waals surface area contributed by atoms with Gasteiger partial charge in [-0.2, -0.15) is 0 Å². The maximum Gasteiger partial charge on any atom is 0.340 e. The Morgan fingerprint density at radius 3 is 2.37 bits per heavy atom. The van der Waals surface area contributed by atoms with E-state index in [2.05, 4.69) is 4.57 Å². The average molecular weight is 489 g/mol. The zero-order chi connectivity index (χ0) is 25.4. The van der Waals surface area contributed by atoms with Gasteiger partial charge in [0.15, 0.2) is 0 Å². The molecule has 1 aliphatic rings. The molecule has 0 radical (unpaired) electrons. The van der Waals surface area contributed by atoms with E-state index in [1.807, 2.05) is 82.3 Å². The van der Waals surface area contributed by atoms with Crippen LogP contribution in [0.1, 0.15) is 48.0 Å². The Morgan fingerprint density at radius 1 is 1.03 bits per heavy atom. The van der Waals surface area contributed by atoms with Crippen LogP contribution in [0.3, 0.4) is 0 Å². The highest BCUT2D eigenvalue weighted by Gasteiger charge is 2.39. The Morgan fingerprint density at radius 2 is 1.71 bits per heavy atom. The summed E-state index contributed by atoms with van der Waals surface area (Å²) in [6.45, 7) is 9.80. The maximum absolute atomic E-state index is 13.7. The topological polar surface area (TPSA) is 51.5 Å². The van der Waals surface area contributed by atoms with Crippen LogP contribution in [0.15, 0.2) is 71.4 Å². The first-order chi connectivity index (χ1) is 16.6. The van der Waals surface area contributed by atoms with Crippen LogP contribution < -0.4 is 0 Å². The number of ether oxygens (including phenoxy) is 1. The summed E-state index contributed by atoms with van der Waals surface area (Å²) < 4.78 is 7.19. The number of aryl methyl sites for hydroxylation is 2. The molecule has 2 aromatic carbocycles. The molecule has 0 saturated heterocycles. The summed E-state index contributed by atoms with van der Waals surface area (Å²) in [5, 5.41) is 0.654. The third kappa shape index (κ3) is 4.32. The summed E-state index contributed by atoms with van der Waals surface area (Å²) in [6, 6.07) is 17.3. The summed E-state index contributed by atoms with van der Waals surface area (Å²) in [5.41, 5.74) is 7.07. The van der Waals surface area contributed by atoms with E-state index in [9.17, 15) is 9.59 Å². The summed E-state index contributed by atoms with van der Waals surface area (Å²) in [6.07, 6.45) is 1.80. The number of benzene rings is 2. The van der Waals surface area contributed by atoms with E-state index in [0.29, 0.717) is 21.9 Å². The van der Waals surface area contributed by atoms with E-state index in [1.165, 1.54) is 7.11 Å². The fourth-order valence-corrected chi connectivity index (χ4v) is 4.99. The van der Waals surface area contributed by atoms with E-state index >= 15 is 0 Å². The van der Waals surface area contributed by atoms with Gasteiger partial charge in [-0.05, 0) is 75.6 Å². The Bertz CT molecular complexity index is 1380. The first-order valence-corrected chi connectivity index (χ1v) is 11.9. The Labute approximate surface area is 211 Å². The molecule has 4 rings (SSSR count). The van der Waals surface area contributed by atoms with Crippen molar-refractivity contribution in [2.45, 2.75) is 40.7 Å². The highest BCUT2D eigenvalue weighted by molar-refractivity contribution is 6.30. The molecule has 0 spiro atoms. The maximum atomic E-state index is 13.7. The van der Waals surface area contributed by atoms with Crippen LogP contribution in [-0.4, -0.2) is 28.5 Å². The molecule has 0 bridgehead atoms. The molecule has 1 amide bonds. The highest BCUT2D eigenvalue weighted by Crippen LogP contribution is 2.38. The van der Waals surface area contributed by atoms with Gasteiger partial charge in [0.25, 0.3) is 5.91 Å². The van der Waals surface area contributed by atoms with Crippen molar-refractivity contribution >= 4 is 29.6 Å². The molecule has 0 aliphatic carbocycles. The van der Waals surface area contributed by atoms with Crippen LogP contribution in [0.4, 0.5) is 0 Å². The molecule has 0 fully saturated rings. The number of hydrogen-bond acceptors (Lipinski definition) is 3. The molecule has 0 saturated carbocycles. The number of aromatic nitrogens is 1. The lowest BCUT2D eigenvalue weighted by Crippen LogP contribution is -2.28. The molecular weight excluding hydrogens is 460 g/mol. The molecule has 2 heterocycles. The molecule has 180 valence electrons. The van der Waals surface area contributed by atoms with Crippen molar-refractivity contribution in [1.82, 2.24) is 9.47 Å². The van der Waals surface area contributed by atoms with Gasteiger partial charge in [0.1, 0.15) is 0 Å². The van der Waals surface area contributed by atoms with Gasteiger partial charge < -0.3 is 14.2 Å². The first kappa shape index (κ1) is 24.6. The lowest BCUT2D eigenvalue weighted by Gasteiger charge is -2.26. The first-order valence-electron chi connectivity index (χ1n) is 11.5. The Kier molecular flexibility index (Phi) is 6.73. The molecule has 3 aromatic rings. The van der Waals surface area contributed by atoms with Crippen molar-refractivity contribution in [3.63, 3.8) is 0 Å². The van der Waals surface area contributed by atoms with Crippen molar-refractivity contribution in [2.24, 2.45) is 0 Å². The van der Waals surface area contributed by atoms with Crippen molar-refractivity contribution in [3.05, 3.63) is 105 Å². The average Bonchev–Trinajstić information content (AvgIpc) is 3.26. The zero-order valence-corrected chi connectivity index (χ0v) is 21.6. The summed E-state index contributed by atoms with van der Waals surface area (Å²) in [5.74, 6) is -0.743. The van der Waals surface area contributed by atoms with Crippen LogP contribution in [0.2, 0.25) is 5.02 Å². The van der Waals surface area contributed by atoms with Gasteiger partial charge in [0.05, 0.1) is 24.3 Å². The molecule has 0 N–H and O–H groups in total. The number of hydrogen-bond donors (Lipinski definition) is 0. The summed E-state index contributed by atoms with van der Waals surface area (Å²) in [4.78, 5) is 28.2. The van der Waals surface area contributed by atoms with E-state index in [0.717, 1.165) is 33.8 Å². The van der Waals surface area contributed by atoms with Crippen molar-refractivity contribution in [2.75, 3.05) is 7.11 Å². The lowest BCUT2D eigenvalue weighted by molar-refractivity contribution is -0.136. The van der Waals surface area contributed by atoms with Crippen LogP contribution in [0.25, 0.3) is 11.8 Å². The number of nitrogens with zero attached hydrogens (tertiary/aromatic N) is 2. The van der Waals surface area contributed by atoms with E-state index in [-0.39, 0.29) is 11.9 Å². The molecule has 6 heteroatoms. The molecule has 5 nitrogen and oxygen atoms in total. The number of rotatable bonds is 5. The third-order valence-electron chi connectivity index (χ3n) is 6.68. The molecule has 35 heavy (non-hydrogen) atoms. The number of carbonyl (C=O) groups is 2. The number of amides is 1. The SMILES string of the molecule is COC(=O)C1=C(C)N([C@H](C)c2ccccc2)C(=O)/C1=C\c1cc(C)n(-c2cc(Cl)ccc2C)c1C. The monoisotopic (exact) mass is 488 g/mol. The summed E-state index contributed by atoms with van der Waals surface area (Å²) in [7, 11) is 1.34. The van der Waals surface area contributed by atoms with Crippen molar-refractivity contribution < 1.29 is 14.3 Å². The van der Waals surface area contributed by atoms with Gasteiger partial charge in [0, 0.05) is 27.8 Å². The smallest absolute Gasteiger partial charge is 0.340 e. The van der Waals surface area contributed by atoms with E-state index in [4.69, 9.17) is 16.3 Å². The fourth-order valence-electron chi connectivity index (χ4n) is 4.83. The van der Waals surface area contributed by atoms with Crippen LogP contribution >= 0.6 is 11.6 Å². The molecule has 0 unspecified atom stereocenters. The Hall–Kier alpha value is -3.57. The third-order valence-corrected chi connectivity index (χ3v) is 6.92. The zero-order valence-electron chi connectivity index (χ0n) is 20.8. The molecule has 1 aliphatic heterocycles. The minimum absolute atomic E-state index is 0.219. The highest BCUT2D eigenvalue weighted by atomic mass is 35.5. The standard InChI is InChI=1S/C29H29ClN2O3/c1-17-12-13-24(30)16-26(17)31-18(2)14-23(20(31)4)15-25-27(29(34)35-6)21(5)32(28(25)33)19(3)22-10-8-7-9-11-22/h7-16,19H,1-6H3/b25-15-/t19-/m1/s1. The second kappa shape index (κ2) is 9.59. The number of halogens is 1. The van der Waals surface area contributed by atoms with Gasteiger partial charge >= 0.3 is 5.97 Å². The summed E-state index contributed by atoms with van der Waals surface area (Å²) >= 11 is 6.28. The number of methoxy groups -OCH3 is 1. The predicted octanol–water partition coefficient (Wildman–Crippen LogP) is 6.49. The normalized spacial score (nSPS) is 15.8. The predicted molar refractivity (Wildman–Crippen MR) is 139 cm³/mol. The number of esters is 1. The number of carbonyl (C=O) groups excluding carboxylic acids is 2. The lowest BCUT2D eigenvalue weighted by atomic mass is 10.0. The van der Waals surface area contributed by atoms with Gasteiger partial charge in [-0.15, -0.1) is 0 Å². The molecular formula is C29H29ClN2O3. The quantitative estimate of drug-likeness (QED) is 0.304. The van der Waals surface area contributed by atoms with E-state index in [1.54, 1.807) is 17.9 Å². The van der Waals surface area contributed by atoms with Gasteiger partial charge in [-0.1, -0.05) is 48.0 Å². The molecule has 1 aromatic heterocycles. The second-order valence-electron chi connectivity index (χ2n) is 8.86. The van der Waals surface area contributed by atoms with Gasteiger partial charge in [-0.3, -0.25) is 4.79 Å². The molecule has 1 atom stereocenters. The number of allylic oxidation sites excluding steroid dienone is 1. The largest absolute Gasteiger partial charge is 0.465 e. The van der Waals surface area contributed by atoms with E-state index < -0.39 is 5.97 Å². The Balaban J connectivity index is 1.84. The van der Waals surface area contributed by atoms with Gasteiger partial charge in [0.2, 0.25) is 0 Å². The minimum atomic E-state index is -0.524. The van der Waals surface area contributed by atoms with Crippen molar-refractivity contribution in [3.8, 4) is 5.69 Å². The van der Waals surface area contributed by atoms with Crippen LogP contribution in [0.5, 0.6) is 0 Å².